The van der Waals surface area contributed by atoms with E-state index in [-0.39, 0.29) is 11.3 Å². The Morgan fingerprint density at radius 3 is 2.67 bits per heavy atom. The molecule has 1 fully saturated rings. The zero-order valence-corrected chi connectivity index (χ0v) is 12.1. The van der Waals surface area contributed by atoms with Gasteiger partial charge in [-0.05, 0) is 24.2 Å². The van der Waals surface area contributed by atoms with Crippen LogP contribution in [0.1, 0.15) is 53.4 Å². The van der Waals surface area contributed by atoms with Gasteiger partial charge in [-0.2, -0.15) is 0 Å². The van der Waals surface area contributed by atoms with Crippen LogP contribution in [-0.4, -0.2) is 29.2 Å². The molecular weight excluding hydrogens is 228 g/mol. The maximum absolute atomic E-state index is 11.9. The number of hydrogen-bond donors (Lipinski definition) is 3. The molecule has 1 aliphatic rings. The molecule has 4 nitrogen and oxygen atoms in total. The topological polar surface area (TPSA) is 75.3 Å². The quantitative estimate of drug-likeness (QED) is 0.715. The lowest BCUT2D eigenvalue weighted by Gasteiger charge is -2.36. The van der Waals surface area contributed by atoms with Crippen LogP contribution < -0.4 is 11.1 Å². The monoisotopic (exact) mass is 256 g/mol. The van der Waals surface area contributed by atoms with Gasteiger partial charge in [-0.3, -0.25) is 4.79 Å². The standard InChI is InChI=1S/C14H28N2O2/c1-10-6-5-7-14(18,8-10)9-16-12(17)11(15)13(2,3)4/h10-11,18H,5-9,15H2,1-4H3,(H,16,17)/t10?,11-,14?/m1/s1. The second-order valence-corrected chi connectivity index (χ2v) is 6.99. The lowest BCUT2D eigenvalue weighted by atomic mass is 9.78. The summed E-state index contributed by atoms with van der Waals surface area (Å²) in [5.74, 6) is 0.353. The van der Waals surface area contributed by atoms with Crippen LogP contribution >= 0.6 is 0 Å². The molecule has 3 atom stereocenters. The van der Waals surface area contributed by atoms with Crippen molar-refractivity contribution in [3.63, 3.8) is 0 Å². The molecular formula is C14H28N2O2. The van der Waals surface area contributed by atoms with E-state index in [4.69, 9.17) is 5.73 Å². The Kier molecular flexibility index (Phi) is 4.78. The van der Waals surface area contributed by atoms with E-state index in [2.05, 4.69) is 12.2 Å². The van der Waals surface area contributed by atoms with Gasteiger partial charge in [0, 0.05) is 6.54 Å². The van der Waals surface area contributed by atoms with Gasteiger partial charge in [0.2, 0.25) is 5.91 Å². The van der Waals surface area contributed by atoms with Gasteiger partial charge in [0.15, 0.2) is 0 Å². The number of nitrogens with one attached hydrogen (secondary N) is 1. The first-order chi connectivity index (χ1) is 8.14. The van der Waals surface area contributed by atoms with Crippen LogP contribution in [0.3, 0.4) is 0 Å². The van der Waals surface area contributed by atoms with E-state index < -0.39 is 11.6 Å². The Labute approximate surface area is 110 Å². The van der Waals surface area contributed by atoms with Crippen LogP contribution in [0.4, 0.5) is 0 Å². The van der Waals surface area contributed by atoms with Crippen molar-refractivity contribution in [3.05, 3.63) is 0 Å². The molecule has 1 saturated carbocycles. The van der Waals surface area contributed by atoms with E-state index in [1.165, 1.54) is 0 Å². The Morgan fingerprint density at radius 2 is 2.17 bits per heavy atom. The summed E-state index contributed by atoms with van der Waals surface area (Å²) in [5.41, 5.74) is 4.88. The lowest BCUT2D eigenvalue weighted by Crippen LogP contribution is -2.53. The summed E-state index contributed by atoms with van der Waals surface area (Å²) >= 11 is 0. The summed E-state index contributed by atoms with van der Waals surface area (Å²) in [6, 6.07) is -0.540. The Balaban J connectivity index is 2.47. The summed E-state index contributed by atoms with van der Waals surface area (Å²) in [7, 11) is 0. The van der Waals surface area contributed by atoms with Crippen molar-refractivity contribution >= 4 is 5.91 Å². The average molecular weight is 256 g/mol. The van der Waals surface area contributed by atoms with E-state index in [0.29, 0.717) is 12.5 Å². The number of aliphatic hydroxyl groups is 1. The van der Waals surface area contributed by atoms with Crippen LogP contribution in [0.5, 0.6) is 0 Å². The van der Waals surface area contributed by atoms with Gasteiger partial charge in [-0.15, -0.1) is 0 Å². The van der Waals surface area contributed by atoms with Crippen LogP contribution in [0.25, 0.3) is 0 Å². The maximum atomic E-state index is 11.9. The first-order valence-electron chi connectivity index (χ1n) is 6.90. The number of carbonyl (C=O) groups is 1. The molecule has 1 amide bonds. The first-order valence-corrected chi connectivity index (χ1v) is 6.90. The largest absolute Gasteiger partial charge is 0.388 e. The molecule has 0 aromatic heterocycles. The Morgan fingerprint density at radius 1 is 1.56 bits per heavy atom. The molecule has 0 aromatic rings. The molecule has 0 heterocycles. The fraction of sp³-hybridized carbons (Fsp3) is 0.929. The summed E-state index contributed by atoms with van der Waals surface area (Å²) in [6.45, 7) is 8.28. The van der Waals surface area contributed by atoms with Crippen molar-refractivity contribution < 1.29 is 9.90 Å². The van der Waals surface area contributed by atoms with Crippen molar-refractivity contribution in [1.82, 2.24) is 5.32 Å². The van der Waals surface area contributed by atoms with Crippen LogP contribution in [0.2, 0.25) is 0 Å². The number of amides is 1. The molecule has 106 valence electrons. The van der Waals surface area contributed by atoms with Gasteiger partial charge in [0.1, 0.15) is 0 Å². The number of hydrogen-bond acceptors (Lipinski definition) is 3. The van der Waals surface area contributed by atoms with Crippen LogP contribution in [-0.2, 0) is 4.79 Å². The number of nitrogens with two attached hydrogens (primary N) is 1. The smallest absolute Gasteiger partial charge is 0.237 e. The molecule has 0 bridgehead atoms. The average Bonchev–Trinajstić information content (AvgIpc) is 2.23. The normalized spacial score (nSPS) is 30.9. The minimum Gasteiger partial charge on any atom is -0.388 e. The van der Waals surface area contributed by atoms with Crippen LogP contribution in [0.15, 0.2) is 0 Å². The number of rotatable bonds is 3. The maximum Gasteiger partial charge on any atom is 0.237 e. The third kappa shape index (κ3) is 4.25. The third-order valence-electron chi connectivity index (χ3n) is 3.87. The Bertz CT molecular complexity index is 299. The molecule has 0 aliphatic heterocycles. The zero-order chi connectivity index (χ0) is 14.0. The molecule has 0 aromatic carbocycles. The fourth-order valence-corrected chi connectivity index (χ4v) is 2.55. The molecule has 18 heavy (non-hydrogen) atoms. The predicted octanol–water partition coefficient (Wildman–Crippen LogP) is 1.42. The second kappa shape index (κ2) is 5.57. The van der Waals surface area contributed by atoms with E-state index >= 15 is 0 Å². The van der Waals surface area contributed by atoms with Gasteiger partial charge in [-0.1, -0.05) is 40.5 Å². The molecule has 4 heteroatoms. The van der Waals surface area contributed by atoms with Crippen molar-refractivity contribution in [3.8, 4) is 0 Å². The summed E-state index contributed by atoms with van der Waals surface area (Å²) in [6.07, 6.45) is 3.72. The number of carbonyl (C=O) groups excluding carboxylic acids is 1. The third-order valence-corrected chi connectivity index (χ3v) is 3.87. The van der Waals surface area contributed by atoms with Crippen molar-refractivity contribution in [1.29, 1.82) is 0 Å². The van der Waals surface area contributed by atoms with Gasteiger partial charge in [-0.25, -0.2) is 0 Å². The predicted molar refractivity (Wildman–Crippen MR) is 73.0 cm³/mol. The molecule has 0 saturated heterocycles. The Hall–Kier alpha value is -0.610. The molecule has 4 N–H and O–H groups in total. The summed E-state index contributed by atoms with van der Waals surface area (Å²) in [4.78, 5) is 11.9. The molecule has 1 rings (SSSR count). The lowest BCUT2D eigenvalue weighted by molar-refractivity contribution is -0.126. The van der Waals surface area contributed by atoms with E-state index in [1.54, 1.807) is 0 Å². The molecule has 2 unspecified atom stereocenters. The second-order valence-electron chi connectivity index (χ2n) is 6.99. The molecule has 0 spiro atoms. The molecule has 1 aliphatic carbocycles. The minimum atomic E-state index is -0.745. The van der Waals surface area contributed by atoms with Gasteiger partial charge in [0.05, 0.1) is 11.6 Å². The van der Waals surface area contributed by atoms with E-state index in [9.17, 15) is 9.90 Å². The highest BCUT2D eigenvalue weighted by Gasteiger charge is 2.34. The van der Waals surface area contributed by atoms with Crippen molar-refractivity contribution in [2.45, 2.75) is 65.0 Å². The SMILES string of the molecule is CC1CCCC(O)(CNC(=O)[C@@H](N)C(C)(C)C)C1. The minimum absolute atomic E-state index is 0.172. The van der Waals surface area contributed by atoms with E-state index in [1.807, 2.05) is 20.8 Å². The van der Waals surface area contributed by atoms with Crippen molar-refractivity contribution in [2.75, 3.05) is 6.54 Å². The first kappa shape index (κ1) is 15.4. The highest BCUT2D eigenvalue weighted by Crippen LogP contribution is 2.31. The highest BCUT2D eigenvalue weighted by atomic mass is 16.3. The van der Waals surface area contributed by atoms with Gasteiger partial charge in [0.25, 0.3) is 0 Å². The van der Waals surface area contributed by atoms with Crippen molar-refractivity contribution in [2.24, 2.45) is 17.1 Å². The summed E-state index contributed by atoms with van der Waals surface area (Å²) < 4.78 is 0. The van der Waals surface area contributed by atoms with Gasteiger partial charge >= 0.3 is 0 Å². The van der Waals surface area contributed by atoms with Gasteiger partial charge < -0.3 is 16.2 Å². The summed E-state index contributed by atoms with van der Waals surface area (Å²) in [5, 5.41) is 13.2. The highest BCUT2D eigenvalue weighted by molar-refractivity contribution is 5.82. The zero-order valence-electron chi connectivity index (χ0n) is 12.1. The molecule has 0 radical (unpaired) electrons. The van der Waals surface area contributed by atoms with Crippen LogP contribution in [0, 0.1) is 11.3 Å². The fourth-order valence-electron chi connectivity index (χ4n) is 2.55. The van der Waals surface area contributed by atoms with E-state index in [0.717, 1.165) is 25.7 Å².